The molecule has 1 aliphatic heterocycles. The van der Waals surface area contributed by atoms with Crippen LogP contribution in [0.1, 0.15) is 55.0 Å². The number of amides is 1. The number of carbonyl (C=O) groups excluding carboxylic acids is 2. The number of hydrogen-bond acceptors (Lipinski definition) is 6. The zero-order chi connectivity index (χ0) is 28.9. The Labute approximate surface area is 239 Å². The number of rotatable bonds is 9. The second-order valence-electron chi connectivity index (χ2n) is 10.1. The van der Waals surface area contributed by atoms with E-state index in [0.717, 1.165) is 16.9 Å². The lowest BCUT2D eigenvalue weighted by atomic mass is 9.93. The number of aliphatic hydroxyl groups is 1. The normalized spacial score (nSPS) is 16.3. The Bertz CT molecular complexity index is 1580. The molecular weight excluding hydrogens is 516 g/mol. The van der Waals surface area contributed by atoms with Crippen LogP contribution in [0.25, 0.3) is 5.76 Å². The Kier molecular flexibility index (Phi) is 8.15. The van der Waals surface area contributed by atoms with E-state index in [0.29, 0.717) is 29.2 Å². The van der Waals surface area contributed by atoms with E-state index in [4.69, 9.17) is 9.47 Å². The van der Waals surface area contributed by atoms with E-state index >= 15 is 0 Å². The summed E-state index contributed by atoms with van der Waals surface area (Å²) < 4.78 is 11.8. The van der Waals surface area contributed by atoms with E-state index in [2.05, 4.69) is 4.98 Å². The minimum atomic E-state index is -0.837. The van der Waals surface area contributed by atoms with Gasteiger partial charge in [-0.25, -0.2) is 0 Å². The van der Waals surface area contributed by atoms with Gasteiger partial charge in [-0.05, 0) is 84.1 Å². The Balaban J connectivity index is 1.63. The fraction of sp³-hybridized carbons (Fsp3) is 0.206. The van der Waals surface area contributed by atoms with Crippen LogP contribution in [-0.2, 0) is 16.1 Å². The number of para-hydroxylation sites is 1. The molecule has 1 fully saturated rings. The summed E-state index contributed by atoms with van der Waals surface area (Å²) in [6.45, 7) is 6.66. The third-order valence-corrected chi connectivity index (χ3v) is 7.00. The molecule has 0 saturated carbocycles. The minimum Gasteiger partial charge on any atom is -0.507 e. The molecule has 0 aliphatic carbocycles. The highest BCUT2D eigenvalue weighted by atomic mass is 16.5. The second kappa shape index (κ2) is 12.1. The first-order valence-corrected chi connectivity index (χ1v) is 13.6. The van der Waals surface area contributed by atoms with Crippen LogP contribution in [0.3, 0.4) is 0 Å². The molecule has 1 saturated heterocycles. The molecule has 1 atom stereocenters. The van der Waals surface area contributed by atoms with Crippen molar-refractivity contribution >= 4 is 17.4 Å². The number of carbonyl (C=O) groups is 2. The fourth-order valence-corrected chi connectivity index (χ4v) is 5.04. The summed E-state index contributed by atoms with van der Waals surface area (Å²) in [5.41, 5.74) is 2.83. The van der Waals surface area contributed by atoms with E-state index < -0.39 is 17.7 Å². The molecule has 3 aromatic carbocycles. The van der Waals surface area contributed by atoms with Gasteiger partial charge in [0.25, 0.3) is 11.7 Å². The van der Waals surface area contributed by atoms with Crippen LogP contribution in [0.2, 0.25) is 0 Å². The second-order valence-corrected chi connectivity index (χ2v) is 10.1. The Morgan fingerprint density at radius 2 is 1.66 bits per heavy atom. The first kappa shape index (κ1) is 27.6. The van der Waals surface area contributed by atoms with Gasteiger partial charge in [0.1, 0.15) is 23.0 Å². The van der Waals surface area contributed by atoms with Gasteiger partial charge in [0, 0.05) is 24.5 Å². The molecular formula is C34H32N2O5. The molecule has 2 heterocycles. The molecule has 1 unspecified atom stereocenters. The van der Waals surface area contributed by atoms with Crippen molar-refractivity contribution < 1.29 is 24.2 Å². The molecule has 1 N–H and O–H groups in total. The maximum Gasteiger partial charge on any atom is 0.295 e. The molecule has 1 amide bonds. The lowest BCUT2D eigenvalue weighted by Gasteiger charge is -2.26. The van der Waals surface area contributed by atoms with Crippen molar-refractivity contribution in [3.05, 3.63) is 125 Å². The number of ether oxygens (including phenoxy) is 2. The number of likely N-dealkylation sites (tertiary alicyclic amines) is 1. The maximum atomic E-state index is 13.6. The first-order chi connectivity index (χ1) is 19.9. The largest absolute Gasteiger partial charge is 0.507 e. The quantitative estimate of drug-likeness (QED) is 0.137. The zero-order valence-corrected chi connectivity index (χ0v) is 23.3. The van der Waals surface area contributed by atoms with Crippen LogP contribution in [0.5, 0.6) is 17.2 Å². The van der Waals surface area contributed by atoms with Crippen LogP contribution in [0.4, 0.5) is 0 Å². The first-order valence-electron chi connectivity index (χ1n) is 13.6. The van der Waals surface area contributed by atoms with Crippen molar-refractivity contribution in [3.63, 3.8) is 0 Å². The molecule has 1 aromatic heterocycles. The molecule has 41 heavy (non-hydrogen) atoms. The van der Waals surface area contributed by atoms with Crippen LogP contribution in [0, 0.1) is 0 Å². The number of hydrogen-bond donors (Lipinski definition) is 1. The van der Waals surface area contributed by atoms with Crippen molar-refractivity contribution in [3.8, 4) is 17.2 Å². The van der Waals surface area contributed by atoms with Gasteiger partial charge < -0.3 is 19.5 Å². The lowest BCUT2D eigenvalue weighted by Crippen LogP contribution is -2.29. The third kappa shape index (κ3) is 5.84. The zero-order valence-electron chi connectivity index (χ0n) is 23.3. The number of ketones is 1. The standard InChI is InChI=1S/C34H32N2O5/c1-4-40-29-14-13-25(20-28(29)22(2)3)32(37)30-31(36(34(39)33(30)38)21-23-15-17-35-18-16-23)24-9-8-12-27(19-24)41-26-10-6-5-7-11-26/h5-20,22,31,37H,4,21H2,1-3H3/b32-30+. The number of aliphatic hydroxyl groups excluding tert-OH is 1. The molecule has 1 aliphatic rings. The molecule has 5 rings (SSSR count). The molecule has 0 spiro atoms. The highest BCUT2D eigenvalue weighted by molar-refractivity contribution is 6.46. The van der Waals surface area contributed by atoms with Gasteiger partial charge in [-0.1, -0.05) is 44.2 Å². The minimum absolute atomic E-state index is 0.0276. The Morgan fingerprint density at radius 1 is 0.927 bits per heavy atom. The summed E-state index contributed by atoms with van der Waals surface area (Å²) >= 11 is 0. The van der Waals surface area contributed by atoms with Gasteiger partial charge in [-0.2, -0.15) is 0 Å². The fourth-order valence-electron chi connectivity index (χ4n) is 5.04. The van der Waals surface area contributed by atoms with Crippen molar-refractivity contribution in [2.24, 2.45) is 0 Å². The highest BCUT2D eigenvalue weighted by Gasteiger charge is 2.46. The number of benzene rings is 3. The summed E-state index contributed by atoms with van der Waals surface area (Å²) in [4.78, 5) is 32.6. The van der Waals surface area contributed by atoms with E-state index in [-0.39, 0.29) is 23.8 Å². The summed E-state index contributed by atoms with van der Waals surface area (Å²) in [5, 5.41) is 11.7. The summed E-state index contributed by atoms with van der Waals surface area (Å²) in [7, 11) is 0. The third-order valence-electron chi connectivity index (χ3n) is 7.00. The Morgan fingerprint density at radius 3 is 2.37 bits per heavy atom. The van der Waals surface area contributed by atoms with E-state index in [1.807, 2.05) is 75.4 Å². The number of pyridine rings is 1. The van der Waals surface area contributed by atoms with E-state index in [9.17, 15) is 14.7 Å². The molecule has 7 heteroatoms. The van der Waals surface area contributed by atoms with Gasteiger partial charge in [0.05, 0.1) is 18.2 Å². The van der Waals surface area contributed by atoms with Crippen LogP contribution in [-0.4, -0.2) is 33.3 Å². The van der Waals surface area contributed by atoms with Crippen molar-refractivity contribution in [1.82, 2.24) is 9.88 Å². The van der Waals surface area contributed by atoms with Crippen LogP contribution < -0.4 is 9.47 Å². The van der Waals surface area contributed by atoms with Gasteiger partial charge >= 0.3 is 0 Å². The predicted octanol–water partition coefficient (Wildman–Crippen LogP) is 7.02. The number of nitrogens with zero attached hydrogens (tertiary/aromatic N) is 2. The van der Waals surface area contributed by atoms with Crippen molar-refractivity contribution in [1.29, 1.82) is 0 Å². The van der Waals surface area contributed by atoms with Crippen LogP contribution >= 0.6 is 0 Å². The predicted molar refractivity (Wildman–Crippen MR) is 157 cm³/mol. The molecule has 208 valence electrons. The lowest BCUT2D eigenvalue weighted by molar-refractivity contribution is -0.140. The van der Waals surface area contributed by atoms with Gasteiger partial charge in [-0.15, -0.1) is 0 Å². The topological polar surface area (TPSA) is 89.0 Å². The van der Waals surface area contributed by atoms with E-state index in [1.54, 1.807) is 42.7 Å². The number of Topliss-reactive ketones (excluding diaryl/α,β-unsaturated/α-hetero) is 1. The summed E-state index contributed by atoms with van der Waals surface area (Å²) in [6, 6.07) is 24.7. The van der Waals surface area contributed by atoms with Crippen LogP contribution in [0.15, 0.2) is 103 Å². The smallest absolute Gasteiger partial charge is 0.295 e. The SMILES string of the molecule is CCOc1ccc(/C(O)=C2\C(=O)C(=O)N(Cc3ccncc3)C2c2cccc(Oc3ccccc3)c2)cc1C(C)C. The van der Waals surface area contributed by atoms with Gasteiger partial charge in [-0.3, -0.25) is 14.6 Å². The maximum absolute atomic E-state index is 13.6. The average Bonchev–Trinajstić information content (AvgIpc) is 3.23. The van der Waals surface area contributed by atoms with E-state index in [1.165, 1.54) is 4.90 Å². The Hall–Kier alpha value is -4.91. The van der Waals surface area contributed by atoms with Crippen molar-refractivity contribution in [2.45, 2.75) is 39.3 Å². The highest BCUT2D eigenvalue weighted by Crippen LogP contribution is 2.42. The molecule has 0 bridgehead atoms. The number of aromatic nitrogens is 1. The summed E-state index contributed by atoms with van der Waals surface area (Å²) in [6.07, 6.45) is 3.28. The van der Waals surface area contributed by atoms with Gasteiger partial charge in [0.2, 0.25) is 0 Å². The van der Waals surface area contributed by atoms with Gasteiger partial charge in [0.15, 0.2) is 0 Å². The molecule has 0 radical (unpaired) electrons. The monoisotopic (exact) mass is 548 g/mol. The molecule has 4 aromatic rings. The van der Waals surface area contributed by atoms with Crippen molar-refractivity contribution in [2.75, 3.05) is 6.61 Å². The molecule has 7 nitrogen and oxygen atoms in total. The average molecular weight is 549 g/mol. The summed E-state index contributed by atoms with van der Waals surface area (Å²) in [5.74, 6) is 0.386.